The Morgan fingerprint density at radius 1 is 1.28 bits per heavy atom. The molecule has 0 saturated heterocycles. The van der Waals surface area contributed by atoms with Gasteiger partial charge in [-0.15, -0.1) is 10.2 Å². The van der Waals surface area contributed by atoms with Crippen molar-refractivity contribution < 1.29 is 14.6 Å². The van der Waals surface area contributed by atoms with Crippen LogP contribution < -0.4 is 4.74 Å². The molecule has 0 unspecified atom stereocenters. The predicted octanol–water partition coefficient (Wildman–Crippen LogP) is 5.40. The Kier molecular flexibility index (Phi) is 5.19. The number of hydrogen-bond acceptors (Lipinski definition) is 4. The van der Waals surface area contributed by atoms with Crippen molar-refractivity contribution >= 4 is 54.4 Å². The van der Waals surface area contributed by atoms with Gasteiger partial charge in [-0.25, -0.2) is 0 Å². The second-order valence-electron chi connectivity index (χ2n) is 5.28. The van der Waals surface area contributed by atoms with Crippen molar-refractivity contribution in [2.45, 2.75) is 6.92 Å². The third-order valence-corrected chi connectivity index (χ3v) is 4.57. The molecule has 128 valence electrons. The van der Waals surface area contributed by atoms with E-state index in [1.165, 1.54) is 0 Å². The number of aromatic nitrogens is 1. The molecule has 0 aliphatic rings. The molecule has 0 bridgehead atoms. The smallest absolute Gasteiger partial charge is 0.302 e. The van der Waals surface area contributed by atoms with Crippen LogP contribution in [-0.2, 0) is 4.79 Å². The maximum atomic E-state index is 11.9. The number of rotatable bonds is 4. The molecule has 0 spiro atoms. The van der Waals surface area contributed by atoms with Crippen molar-refractivity contribution in [2.24, 2.45) is 10.2 Å². The Morgan fingerprint density at radius 2 is 2.04 bits per heavy atom. The van der Waals surface area contributed by atoms with E-state index in [-0.39, 0.29) is 18.2 Å². The van der Waals surface area contributed by atoms with Crippen molar-refractivity contribution in [3.8, 4) is 11.6 Å². The van der Waals surface area contributed by atoms with Gasteiger partial charge in [-0.1, -0.05) is 34.1 Å². The number of ether oxygens (including phenoxy) is 1. The predicted molar refractivity (Wildman–Crippen MR) is 102 cm³/mol. The van der Waals surface area contributed by atoms with Crippen LogP contribution in [0.25, 0.3) is 10.9 Å². The third-order valence-electron chi connectivity index (χ3n) is 3.48. The van der Waals surface area contributed by atoms with Crippen LogP contribution in [0.1, 0.15) is 5.56 Å². The lowest BCUT2D eigenvalue weighted by Gasteiger charge is -2.05. The van der Waals surface area contributed by atoms with Gasteiger partial charge < -0.3 is 14.8 Å². The molecule has 8 heteroatoms. The summed E-state index contributed by atoms with van der Waals surface area (Å²) < 4.78 is 6.99. The molecule has 0 aliphatic carbocycles. The second kappa shape index (κ2) is 7.37. The van der Waals surface area contributed by atoms with E-state index in [2.05, 4.69) is 47.1 Å². The minimum absolute atomic E-state index is 0.162. The van der Waals surface area contributed by atoms with Gasteiger partial charge in [0.2, 0.25) is 5.88 Å². The van der Waals surface area contributed by atoms with Gasteiger partial charge in [-0.3, -0.25) is 4.79 Å². The number of aromatic hydroxyl groups is 1. The molecular weight excluding hydrogens is 454 g/mol. The molecule has 0 fully saturated rings. The summed E-state index contributed by atoms with van der Waals surface area (Å²) in [6.45, 7) is 1.66. The number of carbonyl (C=O) groups excluding carboxylic acids is 1. The summed E-state index contributed by atoms with van der Waals surface area (Å²) in [4.78, 5) is 14.7. The molecule has 25 heavy (non-hydrogen) atoms. The number of hydrogen-bond donors (Lipinski definition) is 2. The summed E-state index contributed by atoms with van der Waals surface area (Å²) in [6, 6.07) is 11.0. The van der Waals surface area contributed by atoms with Gasteiger partial charge in [0.05, 0.1) is 5.52 Å². The largest absolute Gasteiger partial charge is 0.493 e. The van der Waals surface area contributed by atoms with Gasteiger partial charge in [0.15, 0.2) is 12.3 Å². The fourth-order valence-corrected chi connectivity index (χ4v) is 3.61. The molecule has 0 atom stereocenters. The number of halogens is 2. The summed E-state index contributed by atoms with van der Waals surface area (Å²) >= 11 is 6.78. The number of aryl methyl sites for hydroxylation is 1. The van der Waals surface area contributed by atoms with Crippen molar-refractivity contribution in [1.29, 1.82) is 0 Å². The number of nitrogens with zero attached hydrogens (tertiary/aromatic N) is 2. The highest BCUT2D eigenvalue weighted by molar-refractivity contribution is 9.11. The first-order chi connectivity index (χ1) is 12.0. The van der Waals surface area contributed by atoms with Gasteiger partial charge in [0.25, 0.3) is 0 Å². The van der Waals surface area contributed by atoms with E-state index in [1.54, 1.807) is 12.1 Å². The molecular formula is C17H13Br2N3O3. The lowest BCUT2D eigenvalue weighted by atomic mass is 10.2. The van der Waals surface area contributed by atoms with Gasteiger partial charge in [0.1, 0.15) is 5.75 Å². The van der Waals surface area contributed by atoms with E-state index in [1.807, 2.05) is 31.2 Å². The number of amides is 1. The Bertz CT molecular complexity index is 983. The SMILES string of the molecule is Cc1ccccc1OCC(=O)N=Nc1c(O)[nH]c2c(Br)cc(Br)cc12. The van der Waals surface area contributed by atoms with Crippen molar-refractivity contribution in [3.05, 3.63) is 50.9 Å². The number of H-pyrrole nitrogens is 1. The van der Waals surface area contributed by atoms with E-state index >= 15 is 0 Å². The molecule has 0 radical (unpaired) electrons. The summed E-state index contributed by atoms with van der Waals surface area (Å²) in [5.74, 6) is -0.0925. The first kappa shape index (κ1) is 17.6. The summed E-state index contributed by atoms with van der Waals surface area (Å²) in [5, 5.41) is 18.2. The first-order valence-corrected chi connectivity index (χ1v) is 8.87. The molecule has 6 nitrogen and oxygen atoms in total. The zero-order chi connectivity index (χ0) is 18.0. The maximum absolute atomic E-state index is 11.9. The Hall–Kier alpha value is -2.19. The van der Waals surface area contributed by atoms with Gasteiger partial charge >= 0.3 is 5.91 Å². The van der Waals surface area contributed by atoms with E-state index in [0.29, 0.717) is 16.7 Å². The monoisotopic (exact) mass is 465 g/mol. The third kappa shape index (κ3) is 3.91. The van der Waals surface area contributed by atoms with Crippen molar-refractivity contribution in [1.82, 2.24) is 4.98 Å². The summed E-state index contributed by atoms with van der Waals surface area (Å²) in [7, 11) is 0. The number of carbonyl (C=O) groups is 1. The molecule has 1 aromatic heterocycles. The molecule has 0 aliphatic heterocycles. The van der Waals surface area contributed by atoms with Gasteiger partial charge in [0, 0.05) is 14.3 Å². The number of aromatic amines is 1. The van der Waals surface area contributed by atoms with E-state index in [4.69, 9.17) is 4.74 Å². The average molecular weight is 467 g/mol. The summed E-state index contributed by atoms with van der Waals surface area (Å²) in [5.41, 5.74) is 1.79. The zero-order valence-corrected chi connectivity index (χ0v) is 16.3. The van der Waals surface area contributed by atoms with E-state index < -0.39 is 5.91 Å². The minimum Gasteiger partial charge on any atom is -0.493 e. The highest BCUT2D eigenvalue weighted by atomic mass is 79.9. The molecule has 3 rings (SSSR count). The molecule has 2 N–H and O–H groups in total. The highest BCUT2D eigenvalue weighted by Crippen LogP contribution is 2.40. The van der Waals surface area contributed by atoms with Crippen LogP contribution in [0.2, 0.25) is 0 Å². The quantitative estimate of drug-likeness (QED) is 0.505. The van der Waals surface area contributed by atoms with Crippen LogP contribution in [0.15, 0.2) is 55.6 Å². The van der Waals surface area contributed by atoms with E-state index in [9.17, 15) is 9.90 Å². The lowest BCUT2D eigenvalue weighted by Crippen LogP contribution is -2.08. The van der Waals surface area contributed by atoms with Crippen molar-refractivity contribution in [2.75, 3.05) is 6.61 Å². The average Bonchev–Trinajstić information content (AvgIpc) is 2.88. The van der Waals surface area contributed by atoms with Crippen LogP contribution in [-0.4, -0.2) is 22.6 Å². The van der Waals surface area contributed by atoms with Crippen LogP contribution in [0.5, 0.6) is 11.6 Å². The Labute approximate surface area is 160 Å². The number of fused-ring (bicyclic) bond motifs is 1. The van der Waals surface area contributed by atoms with Gasteiger partial charge in [-0.2, -0.15) is 0 Å². The molecule has 2 aromatic carbocycles. The molecule has 1 amide bonds. The minimum atomic E-state index is -0.550. The van der Waals surface area contributed by atoms with Crippen LogP contribution in [0.3, 0.4) is 0 Å². The van der Waals surface area contributed by atoms with E-state index in [0.717, 1.165) is 14.5 Å². The first-order valence-electron chi connectivity index (χ1n) is 7.28. The van der Waals surface area contributed by atoms with Crippen molar-refractivity contribution in [3.63, 3.8) is 0 Å². The highest BCUT2D eigenvalue weighted by Gasteiger charge is 2.14. The molecule has 3 aromatic rings. The number of benzene rings is 2. The Morgan fingerprint density at radius 3 is 2.80 bits per heavy atom. The number of azo groups is 1. The topological polar surface area (TPSA) is 87.0 Å². The number of nitrogens with one attached hydrogen (secondary N) is 1. The lowest BCUT2D eigenvalue weighted by molar-refractivity contribution is -0.120. The fraction of sp³-hybridized carbons (Fsp3) is 0.118. The second-order valence-corrected chi connectivity index (χ2v) is 7.05. The molecule has 1 heterocycles. The van der Waals surface area contributed by atoms with Crippen LogP contribution in [0.4, 0.5) is 5.69 Å². The fourth-order valence-electron chi connectivity index (χ4n) is 2.29. The zero-order valence-electron chi connectivity index (χ0n) is 13.1. The van der Waals surface area contributed by atoms with Crippen LogP contribution in [0, 0.1) is 6.92 Å². The summed E-state index contributed by atoms with van der Waals surface area (Å²) in [6.07, 6.45) is 0. The maximum Gasteiger partial charge on any atom is 0.302 e. The normalized spacial score (nSPS) is 11.3. The van der Waals surface area contributed by atoms with Crippen LogP contribution >= 0.6 is 31.9 Å². The van der Waals surface area contributed by atoms with Gasteiger partial charge in [-0.05, 0) is 46.6 Å². The molecule has 0 saturated carbocycles. The number of para-hydroxylation sites is 1. The Balaban J connectivity index is 1.78. The standard InChI is InChI=1S/C17H13Br2N3O3/c1-9-4-2-3-5-13(9)25-8-14(23)21-22-16-11-6-10(18)7-12(19)15(11)20-17(16)24/h2-7,20,24H,8H2,1H3.